The van der Waals surface area contributed by atoms with Crippen molar-refractivity contribution in [3.8, 4) is 0 Å². The standard InChI is InChI=1S/C18H22N6O7S2.Na/c1-23(2)17(29)31-5-3-4-18(15(27)28)7-24-13(26)11(14(24)33-8-18)21-12(25)10(22-30)9-6-32-16(19)20-9;/h3-4,6,11,14,30H,5,7-8H2,1-2H3,(H2,19,20)(H,21,25)(H,27,28);/q;+1/p-1/t11?,14-,18?;/m1./s1. The SMILES string of the molecule is CN(C)C(=O)OCC=CC1(C(=O)[O-])CS[C@@H]2C(NC(=O)C(=NO)c3csc(N)n3)C(=O)N2C1.[Na+]. The number of carbonyl (C=O) groups excluding carboxylic acids is 4. The zero-order valence-corrected chi connectivity index (χ0v) is 22.2. The number of thioether (sulfide) groups is 1. The summed E-state index contributed by atoms with van der Waals surface area (Å²) in [6, 6.07) is -0.931. The van der Waals surface area contributed by atoms with Crippen molar-refractivity contribution in [2.24, 2.45) is 10.6 Å². The monoisotopic (exact) mass is 520 g/mol. The summed E-state index contributed by atoms with van der Waals surface area (Å²) >= 11 is 2.21. The molecule has 0 aliphatic carbocycles. The number of amides is 3. The number of ether oxygens (including phenoxy) is 1. The van der Waals surface area contributed by atoms with Gasteiger partial charge >= 0.3 is 35.7 Å². The van der Waals surface area contributed by atoms with Crippen molar-refractivity contribution in [2.75, 3.05) is 38.7 Å². The Labute approximate surface area is 224 Å². The number of nitrogens with two attached hydrogens (primary N) is 1. The summed E-state index contributed by atoms with van der Waals surface area (Å²) in [5, 5.41) is 27.6. The van der Waals surface area contributed by atoms with Gasteiger partial charge < -0.3 is 40.7 Å². The maximum absolute atomic E-state index is 12.6. The van der Waals surface area contributed by atoms with Gasteiger partial charge in [-0.2, -0.15) is 0 Å². The van der Waals surface area contributed by atoms with Crippen LogP contribution in [0.2, 0.25) is 0 Å². The average molecular weight is 521 g/mol. The number of nitrogens with one attached hydrogen (secondary N) is 1. The summed E-state index contributed by atoms with van der Waals surface area (Å²) in [6.45, 7) is -0.308. The predicted molar refractivity (Wildman–Crippen MR) is 116 cm³/mol. The first-order valence-electron chi connectivity index (χ1n) is 9.49. The van der Waals surface area contributed by atoms with E-state index in [2.05, 4.69) is 15.5 Å². The van der Waals surface area contributed by atoms with Gasteiger partial charge in [0.15, 0.2) is 10.8 Å². The van der Waals surface area contributed by atoms with E-state index in [0.717, 1.165) is 23.1 Å². The number of carboxylic acid groups (broad SMARTS) is 1. The van der Waals surface area contributed by atoms with E-state index in [9.17, 15) is 29.5 Å². The Morgan fingerprint density at radius 1 is 1.50 bits per heavy atom. The Balaban J connectivity index is 0.00000408. The first-order valence-corrected chi connectivity index (χ1v) is 11.4. The maximum Gasteiger partial charge on any atom is 1.00 e. The van der Waals surface area contributed by atoms with Crippen LogP contribution in [0.15, 0.2) is 22.7 Å². The van der Waals surface area contributed by atoms with Crippen LogP contribution in [-0.4, -0.2) is 94.0 Å². The molecule has 2 fully saturated rings. The summed E-state index contributed by atoms with van der Waals surface area (Å²) < 4.78 is 4.94. The molecule has 3 rings (SSSR count). The second-order valence-electron chi connectivity index (χ2n) is 7.46. The number of β-lactam (4-membered cyclic amide) rings is 1. The molecule has 16 heteroatoms. The number of hydrogen-bond donors (Lipinski definition) is 3. The van der Waals surface area contributed by atoms with Crippen LogP contribution in [0.4, 0.5) is 9.93 Å². The minimum Gasteiger partial charge on any atom is -0.549 e. The van der Waals surface area contributed by atoms with Crippen molar-refractivity contribution in [3.63, 3.8) is 0 Å². The topological polar surface area (TPSA) is 191 Å². The molecule has 4 N–H and O–H groups in total. The second kappa shape index (κ2) is 11.4. The Morgan fingerprint density at radius 3 is 2.76 bits per heavy atom. The molecule has 1 aromatic rings. The van der Waals surface area contributed by atoms with Crippen LogP contribution in [0.25, 0.3) is 0 Å². The summed E-state index contributed by atoms with van der Waals surface area (Å²) in [6.07, 6.45) is 2.17. The molecule has 34 heavy (non-hydrogen) atoms. The third-order valence-electron chi connectivity index (χ3n) is 4.98. The molecule has 0 radical (unpaired) electrons. The predicted octanol–water partition coefficient (Wildman–Crippen LogP) is -4.70. The van der Waals surface area contributed by atoms with E-state index in [0.29, 0.717) is 0 Å². The molecule has 0 saturated carbocycles. The molecular weight excluding hydrogens is 499 g/mol. The number of oxime groups is 1. The van der Waals surface area contributed by atoms with Gasteiger partial charge in [-0.1, -0.05) is 17.3 Å². The van der Waals surface area contributed by atoms with E-state index in [-0.39, 0.29) is 59.3 Å². The van der Waals surface area contributed by atoms with Gasteiger partial charge in [-0.3, -0.25) is 9.59 Å². The van der Waals surface area contributed by atoms with Crippen LogP contribution in [-0.2, 0) is 19.1 Å². The number of aromatic nitrogens is 1. The van der Waals surface area contributed by atoms with Crippen LogP contribution in [0, 0.1) is 5.41 Å². The number of carbonyl (C=O) groups is 4. The van der Waals surface area contributed by atoms with Crippen LogP contribution in [0.1, 0.15) is 5.69 Å². The third-order valence-corrected chi connectivity index (χ3v) is 7.21. The molecular formula is C18H21N6NaO7S2. The number of carboxylic acids is 1. The number of nitrogen functional groups attached to an aromatic ring is 1. The Morgan fingerprint density at radius 2 is 2.21 bits per heavy atom. The smallest absolute Gasteiger partial charge is 0.549 e. The second-order valence-corrected chi connectivity index (χ2v) is 9.45. The summed E-state index contributed by atoms with van der Waals surface area (Å²) in [5.41, 5.74) is 3.72. The third kappa shape index (κ3) is 5.66. The van der Waals surface area contributed by atoms with Gasteiger partial charge in [-0.05, 0) is 0 Å². The number of rotatable bonds is 7. The molecule has 2 saturated heterocycles. The first-order chi connectivity index (χ1) is 15.6. The van der Waals surface area contributed by atoms with Gasteiger partial charge in [0.2, 0.25) is 5.91 Å². The quantitative estimate of drug-likeness (QED) is 0.0786. The van der Waals surface area contributed by atoms with E-state index in [1.54, 1.807) is 0 Å². The van der Waals surface area contributed by atoms with Crippen molar-refractivity contribution < 1.29 is 63.8 Å². The molecule has 13 nitrogen and oxygen atoms in total. The molecule has 3 atom stereocenters. The van der Waals surface area contributed by atoms with Crippen molar-refractivity contribution in [1.29, 1.82) is 0 Å². The number of nitrogens with zero attached hydrogens (tertiary/aromatic N) is 4. The minimum absolute atomic E-state index is 0. The molecule has 3 amide bonds. The van der Waals surface area contributed by atoms with Crippen LogP contribution < -0.4 is 45.7 Å². The number of thiazole rings is 1. The summed E-state index contributed by atoms with van der Waals surface area (Å²) in [4.78, 5) is 54.9. The molecule has 178 valence electrons. The van der Waals surface area contributed by atoms with E-state index in [1.165, 1.54) is 41.4 Å². The van der Waals surface area contributed by atoms with Crippen LogP contribution >= 0.6 is 23.1 Å². The fourth-order valence-corrected chi connectivity index (χ4v) is 5.28. The molecule has 3 heterocycles. The fourth-order valence-electron chi connectivity index (χ4n) is 3.23. The van der Waals surface area contributed by atoms with Crippen molar-refractivity contribution in [1.82, 2.24) is 20.1 Å². The molecule has 0 bridgehead atoms. The Bertz CT molecular complexity index is 1030. The molecule has 0 spiro atoms. The van der Waals surface area contributed by atoms with Crippen molar-refractivity contribution >= 4 is 57.8 Å². The van der Waals surface area contributed by atoms with Crippen LogP contribution in [0.5, 0.6) is 0 Å². The van der Waals surface area contributed by atoms with Crippen molar-refractivity contribution in [3.05, 3.63) is 23.2 Å². The largest absolute Gasteiger partial charge is 1.00 e. The molecule has 2 aliphatic heterocycles. The number of aliphatic carboxylic acids is 1. The molecule has 0 aromatic carbocycles. The Hall–Kier alpha value is -2.33. The minimum atomic E-state index is -1.48. The Kier molecular flexibility index (Phi) is 9.36. The van der Waals surface area contributed by atoms with Gasteiger partial charge in [0.1, 0.15) is 23.7 Å². The maximum atomic E-state index is 12.6. The van der Waals surface area contributed by atoms with Crippen LogP contribution in [0.3, 0.4) is 0 Å². The average Bonchev–Trinajstić information content (AvgIpc) is 3.20. The number of hydrogen-bond acceptors (Lipinski definition) is 12. The fraction of sp³-hybridized carbons (Fsp3) is 0.444. The van der Waals surface area contributed by atoms with E-state index in [1.807, 2.05) is 0 Å². The van der Waals surface area contributed by atoms with Crippen molar-refractivity contribution in [2.45, 2.75) is 11.4 Å². The van der Waals surface area contributed by atoms with Gasteiger partial charge in [-0.15, -0.1) is 23.1 Å². The van der Waals surface area contributed by atoms with Gasteiger partial charge in [0.05, 0.1) is 11.4 Å². The van der Waals surface area contributed by atoms with Gasteiger partial charge in [0.25, 0.3) is 5.91 Å². The normalized spacial score (nSPS) is 24.0. The van der Waals surface area contributed by atoms with E-state index >= 15 is 0 Å². The van der Waals surface area contributed by atoms with E-state index in [4.69, 9.17) is 10.5 Å². The first kappa shape index (κ1) is 27.9. The molecule has 1 aromatic heterocycles. The number of anilines is 1. The van der Waals surface area contributed by atoms with Gasteiger partial charge in [-0.25, -0.2) is 9.78 Å². The van der Waals surface area contributed by atoms with E-state index < -0.39 is 46.4 Å². The zero-order chi connectivity index (χ0) is 24.3. The number of fused-ring (bicyclic) bond motifs is 1. The summed E-state index contributed by atoms with van der Waals surface area (Å²) in [5.74, 6) is -2.62. The molecule has 2 aliphatic rings. The van der Waals surface area contributed by atoms with Gasteiger partial charge in [0, 0.05) is 31.8 Å². The summed E-state index contributed by atoms with van der Waals surface area (Å²) in [7, 11) is 3.03. The zero-order valence-electron chi connectivity index (χ0n) is 18.6. The molecule has 2 unspecified atom stereocenters.